The number of ether oxygens (including phenoxy) is 2. The molecule has 0 aliphatic heterocycles. The van der Waals surface area contributed by atoms with Crippen molar-refractivity contribution in [3.63, 3.8) is 0 Å². The van der Waals surface area contributed by atoms with E-state index in [1.807, 2.05) is 34.0 Å². The number of hydrogen-bond donors (Lipinski definition) is 0. The molecule has 1 rings (SSSR count). The number of rotatable bonds is 5. The molecule has 0 saturated heterocycles. The lowest BCUT2D eigenvalue weighted by atomic mass is 10.1. The Morgan fingerprint density at radius 3 is 2.29 bits per heavy atom. The third-order valence-electron chi connectivity index (χ3n) is 2.60. The van der Waals surface area contributed by atoms with E-state index in [1.54, 1.807) is 23.5 Å². The van der Waals surface area contributed by atoms with Crippen LogP contribution in [0.25, 0.3) is 0 Å². The average Bonchev–Trinajstić information content (AvgIpc) is 2.32. The fourth-order valence-corrected chi connectivity index (χ4v) is 2.97. The molecule has 0 radical (unpaired) electrons. The van der Waals surface area contributed by atoms with E-state index in [0.717, 1.165) is 22.6 Å². The van der Waals surface area contributed by atoms with Crippen LogP contribution < -0.4 is 4.74 Å². The highest BCUT2D eigenvalue weighted by Gasteiger charge is 2.20. The summed E-state index contributed by atoms with van der Waals surface area (Å²) < 4.78 is 10.7. The quantitative estimate of drug-likeness (QED) is 0.559. The Hall–Kier alpha value is -0.810. The number of carbonyl (C=O) groups is 1. The maximum atomic E-state index is 11.9. The third kappa shape index (κ3) is 6.22. The third-order valence-corrected chi connectivity index (χ3v) is 3.82. The Labute approximate surface area is 136 Å². The second-order valence-electron chi connectivity index (χ2n) is 5.83. The minimum Gasteiger partial charge on any atom is -0.428 e. The predicted octanol–water partition coefficient (Wildman–Crippen LogP) is 5.03. The minimum atomic E-state index is -0.648. The van der Waals surface area contributed by atoms with Crippen LogP contribution in [0.3, 0.4) is 0 Å². The molecule has 118 valence electrons. The molecule has 0 spiro atoms. The number of hydrogen-bond acceptors (Lipinski definition) is 5. The Balaban J connectivity index is 3.01. The molecule has 3 nitrogen and oxygen atoms in total. The SMILES string of the molecule is CSCc1cc(C)c(OC(=O)OC(C)(C)C)c(CSC)c1. The van der Waals surface area contributed by atoms with Gasteiger partial charge in [0.25, 0.3) is 0 Å². The second kappa shape index (κ2) is 7.99. The van der Waals surface area contributed by atoms with Gasteiger partial charge in [0.05, 0.1) is 0 Å². The molecule has 1 aromatic rings. The van der Waals surface area contributed by atoms with Gasteiger partial charge in [0.1, 0.15) is 11.4 Å². The molecule has 0 fully saturated rings. The average molecular weight is 328 g/mol. The maximum Gasteiger partial charge on any atom is 0.514 e. The Kier molecular flexibility index (Phi) is 6.94. The first kappa shape index (κ1) is 18.2. The van der Waals surface area contributed by atoms with Crippen molar-refractivity contribution in [1.29, 1.82) is 0 Å². The number of benzene rings is 1. The van der Waals surface area contributed by atoms with E-state index in [0.29, 0.717) is 5.75 Å². The van der Waals surface area contributed by atoms with Crippen molar-refractivity contribution in [2.75, 3.05) is 12.5 Å². The van der Waals surface area contributed by atoms with Crippen LogP contribution in [0.4, 0.5) is 4.79 Å². The van der Waals surface area contributed by atoms with E-state index in [-0.39, 0.29) is 0 Å². The van der Waals surface area contributed by atoms with Crippen LogP contribution in [0.5, 0.6) is 5.75 Å². The first-order valence-corrected chi connectivity index (χ1v) is 9.56. The molecule has 0 N–H and O–H groups in total. The van der Waals surface area contributed by atoms with Gasteiger partial charge in [-0.25, -0.2) is 4.79 Å². The van der Waals surface area contributed by atoms with Crippen LogP contribution in [0, 0.1) is 6.92 Å². The van der Waals surface area contributed by atoms with Gasteiger partial charge in [-0.3, -0.25) is 0 Å². The Bertz CT molecular complexity index is 493. The van der Waals surface area contributed by atoms with Crippen LogP contribution >= 0.6 is 23.5 Å². The van der Waals surface area contributed by atoms with E-state index in [4.69, 9.17) is 9.47 Å². The van der Waals surface area contributed by atoms with Crippen molar-refractivity contribution in [3.05, 3.63) is 28.8 Å². The summed E-state index contributed by atoms with van der Waals surface area (Å²) in [6.45, 7) is 7.44. The molecule has 0 aliphatic rings. The molecule has 0 atom stereocenters. The number of thioether (sulfide) groups is 2. The fourth-order valence-electron chi connectivity index (χ4n) is 1.94. The summed E-state index contributed by atoms with van der Waals surface area (Å²) in [5, 5.41) is 0. The van der Waals surface area contributed by atoms with Gasteiger partial charge in [-0.05, 0) is 51.3 Å². The van der Waals surface area contributed by atoms with Crippen molar-refractivity contribution in [2.45, 2.75) is 44.8 Å². The first-order valence-electron chi connectivity index (χ1n) is 6.78. The summed E-state index contributed by atoms with van der Waals surface area (Å²) in [5.41, 5.74) is 2.71. The molecule has 0 saturated carbocycles. The topological polar surface area (TPSA) is 35.5 Å². The van der Waals surface area contributed by atoms with Crippen LogP contribution in [0.2, 0.25) is 0 Å². The van der Waals surface area contributed by atoms with Crippen LogP contribution in [-0.4, -0.2) is 24.3 Å². The summed E-state index contributed by atoms with van der Waals surface area (Å²) in [4.78, 5) is 11.9. The van der Waals surface area contributed by atoms with E-state index < -0.39 is 11.8 Å². The van der Waals surface area contributed by atoms with Gasteiger partial charge in [0.2, 0.25) is 0 Å². The van der Waals surface area contributed by atoms with Gasteiger partial charge < -0.3 is 9.47 Å². The highest BCUT2D eigenvalue weighted by molar-refractivity contribution is 7.98. The number of aryl methyl sites for hydroxylation is 1. The minimum absolute atomic E-state index is 0.552. The molecular formula is C16H24O3S2. The molecule has 0 amide bonds. The fraction of sp³-hybridized carbons (Fsp3) is 0.562. The van der Waals surface area contributed by atoms with Crippen molar-refractivity contribution >= 4 is 29.7 Å². The van der Waals surface area contributed by atoms with E-state index in [9.17, 15) is 4.79 Å². The highest BCUT2D eigenvalue weighted by Crippen LogP contribution is 2.30. The molecule has 0 unspecified atom stereocenters. The summed E-state index contributed by atoms with van der Waals surface area (Å²) in [6, 6.07) is 4.18. The molecule has 21 heavy (non-hydrogen) atoms. The molecular weight excluding hydrogens is 304 g/mol. The lowest BCUT2D eigenvalue weighted by molar-refractivity contribution is 0.0203. The standard InChI is InChI=1S/C16H24O3S2/c1-11-7-12(9-20-5)8-13(10-21-6)14(11)18-15(17)19-16(2,3)4/h7-8H,9-10H2,1-6H3. The first-order chi connectivity index (χ1) is 9.76. The van der Waals surface area contributed by atoms with Crippen LogP contribution in [0.1, 0.15) is 37.5 Å². The Morgan fingerprint density at radius 2 is 1.76 bits per heavy atom. The van der Waals surface area contributed by atoms with Crippen LogP contribution in [-0.2, 0) is 16.2 Å². The normalized spacial score (nSPS) is 11.3. The van der Waals surface area contributed by atoms with Crippen molar-refractivity contribution in [1.82, 2.24) is 0 Å². The molecule has 5 heteroatoms. The largest absolute Gasteiger partial charge is 0.514 e. The van der Waals surface area contributed by atoms with Gasteiger partial charge in [-0.1, -0.05) is 12.1 Å². The lowest BCUT2D eigenvalue weighted by Crippen LogP contribution is -2.26. The summed E-state index contributed by atoms with van der Waals surface area (Å²) >= 11 is 3.48. The van der Waals surface area contributed by atoms with E-state index >= 15 is 0 Å². The molecule has 1 aromatic carbocycles. The molecule has 0 heterocycles. The van der Waals surface area contributed by atoms with Gasteiger partial charge in [0.15, 0.2) is 0 Å². The zero-order chi connectivity index (χ0) is 16.0. The van der Waals surface area contributed by atoms with Crippen molar-refractivity contribution in [2.24, 2.45) is 0 Å². The monoisotopic (exact) mass is 328 g/mol. The van der Waals surface area contributed by atoms with Gasteiger partial charge >= 0.3 is 6.16 Å². The summed E-state index contributed by atoms with van der Waals surface area (Å²) in [6.07, 6.45) is 3.47. The van der Waals surface area contributed by atoms with Gasteiger partial charge in [0, 0.05) is 17.1 Å². The van der Waals surface area contributed by atoms with Gasteiger partial charge in [-0.2, -0.15) is 23.5 Å². The van der Waals surface area contributed by atoms with Crippen LogP contribution in [0.15, 0.2) is 12.1 Å². The Morgan fingerprint density at radius 1 is 1.14 bits per heavy atom. The molecule has 0 aliphatic carbocycles. The maximum absolute atomic E-state index is 11.9. The number of carbonyl (C=O) groups excluding carboxylic acids is 1. The summed E-state index contributed by atoms with van der Waals surface area (Å²) in [7, 11) is 0. The second-order valence-corrected chi connectivity index (χ2v) is 7.57. The molecule has 0 aromatic heterocycles. The zero-order valence-electron chi connectivity index (χ0n) is 13.6. The molecule has 0 bridgehead atoms. The van der Waals surface area contributed by atoms with Gasteiger partial charge in [-0.15, -0.1) is 0 Å². The van der Waals surface area contributed by atoms with E-state index in [1.165, 1.54) is 5.56 Å². The van der Waals surface area contributed by atoms with Crippen molar-refractivity contribution < 1.29 is 14.3 Å². The lowest BCUT2D eigenvalue weighted by Gasteiger charge is -2.20. The summed E-state index contributed by atoms with van der Waals surface area (Å²) in [5.74, 6) is 2.39. The zero-order valence-corrected chi connectivity index (χ0v) is 15.2. The highest BCUT2D eigenvalue weighted by atomic mass is 32.2. The smallest absolute Gasteiger partial charge is 0.428 e. The predicted molar refractivity (Wildman–Crippen MR) is 92.5 cm³/mol. The van der Waals surface area contributed by atoms with E-state index in [2.05, 4.69) is 18.4 Å². The van der Waals surface area contributed by atoms with Crippen molar-refractivity contribution in [3.8, 4) is 5.75 Å².